The van der Waals surface area contributed by atoms with Crippen LogP contribution in [0.25, 0.3) is 0 Å². The maximum atomic E-state index is 12.6. The maximum absolute atomic E-state index is 12.6. The number of nitrogens with one attached hydrogen (secondary N) is 1. The monoisotopic (exact) mass is 488 g/mol. The van der Waals surface area contributed by atoms with E-state index in [0.29, 0.717) is 30.0 Å². The third kappa shape index (κ3) is 6.67. The van der Waals surface area contributed by atoms with E-state index in [0.717, 1.165) is 24.9 Å². The summed E-state index contributed by atoms with van der Waals surface area (Å²) < 4.78 is 10.8. The van der Waals surface area contributed by atoms with Crippen molar-refractivity contribution in [1.29, 1.82) is 0 Å². The Labute approximate surface area is 211 Å². The summed E-state index contributed by atoms with van der Waals surface area (Å²) in [6.07, 6.45) is 3.25. The number of hydrogen-bond acceptors (Lipinski definition) is 3. The molecule has 188 valence electrons. The van der Waals surface area contributed by atoms with E-state index in [-0.39, 0.29) is 23.7 Å². The van der Waals surface area contributed by atoms with Crippen LogP contribution in [0.4, 0.5) is 0 Å². The molecule has 34 heavy (non-hydrogen) atoms. The van der Waals surface area contributed by atoms with Crippen molar-refractivity contribution < 1.29 is 31.6 Å². The standard InChI is InChI=1S/C28H40N2O3.ClH/c1-21-19-29(4)22(2)17-28(21,18-24-10-8-7-9-11-24)14-15-30(23(3)31)20-25-12-13-26(32-5)27(16-25)33-6;/h7-13,16,21-22H,14-15,17-20H2,1-6H3;1H. The smallest absolute Gasteiger partial charge is 0.219 e. The van der Waals surface area contributed by atoms with Gasteiger partial charge in [-0.3, -0.25) is 4.79 Å². The minimum absolute atomic E-state index is 0. The third-order valence-electron chi connectivity index (χ3n) is 7.77. The molecule has 2 aromatic carbocycles. The number of ether oxygens (including phenoxy) is 2. The van der Waals surface area contributed by atoms with E-state index >= 15 is 0 Å². The van der Waals surface area contributed by atoms with Crippen LogP contribution < -0.4 is 26.8 Å². The van der Waals surface area contributed by atoms with Gasteiger partial charge in [-0.2, -0.15) is 0 Å². The summed E-state index contributed by atoms with van der Waals surface area (Å²) in [6.45, 7) is 8.95. The van der Waals surface area contributed by atoms with Crippen LogP contribution in [0.1, 0.15) is 44.7 Å². The van der Waals surface area contributed by atoms with Crippen molar-refractivity contribution >= 4 is 5.91 Å². The molecule has 1 amide bonds. The first-order valence-electron chi connectivity index (χ1n) is 12.1. The Balaban J connectivity index is 0.00000408. The number of methoxy groups -OCH3 is 2. The molecular formula is C28H41ClN2O3. The largest absolute Gasteiger partial charge is 1.00 e. The Kier molecular flexibility index (Phi) is 10.3. The maximum Gasteiger partial charge on any atom is 0.219 e. The molecular weight excluding hydrogens is 448 g/mol. The molecule has 0 aliphatic carbocycles. The van der Waals surface area contributed by atoms with Crippen molar-refractivity contribution in [2.24, 2.45) is 11.3 Å². The van der Waals surface area contributed by atoms with Crippen LogP contribution in [0, 0.1) is 11.3 Å². The zero-order valence-electron chi connectivity index (χ0n) is 21.6. The molecule has 6 heteroatoms. The van der Waals surface area contributed by atoms with E-state index in [4.69, 9.17) is 9.47 Å². The molecule has 1 fully saturated rings. The van der Waals surface area contributed by atoms with Gasteiger partial charge in [0, 0.05) is 32.4 Å². The van der Waals surface area contributed by atoms with Crippen LogP contribution in [0.5, 0.6) is 11.5 Å². The Hall–Kier alpha value is -2.24. The van der Waals surface area contributed by atoms with Crippen molar-refractivity contribution in [3.8, 4) is 11.5 Å². The fourth-order valence-corrected chi connectivity index (χ4v) is 5.48. The Morgan fingerprint density at radius 1 is 1.06 bits per heavy atom. The van der Waals surface area contributed by atoms with E-state index in [1.807, 2.05) is 23.1 Å². The molecule has 3 rings (SSSR count). The molecule has 1 heterocycles. The summed E-state index contributed by atoms with van der Waals surface area (Å²) >= 11 is 0. The topological polar surface area (TPSA) is 43.2 Å². The van der Waals surface area contributed by atoms with Gasteiger partial charge >= 0.3 is 0 Å². The molecule has 0 saturated carbocycles. The first-order valence-corrected chi connectivity index (χ1v) is 12.1. The summed E-state index contributed by atoms with van der Waals surface area (Å²) in [5.74, 6) is 2.09. The molecule has 0 aromatic heterocycles. The van der Waals surface area contributed by atoms with Gasteiger partial charge < -0.3 is 31.7 Å². The van der Waals surface area contributed by atoms with Gasteiger partial charge in [-0.05, 0) is 48.4 Å². The van der Waals surface area contributed by atoms with Crippen LogP contribution >= 0.6 is 0 Å². The highest BCUT2D eigenvalue weighted by molar-refractivity contribution is 5.73. The highest BCUT2D eigenvalue weighted by Gasteiger charge is 2.44. The summed E-state index contributed by atoms with van der Waals surface area (Å²) in [7, 11) is 5.59. The van der Waals surface area contributed by atoms with Gasteiger partial charge in [-0.25, -0.2) is 0 Å². The van der Waals surface area contributed by atoms with Crippen LogP contribution in [0.15, 0.2) is 48.5 Å². The lowest BCUT2D eigenvalue weighted by molar-refractivity contribution is -0.916. The molecule has 0 radical (unpaired) electrons. The molecule has 1 N–H and O–H groups in total. The molecule has 5 nitrogen and oxygen atoms in total. The number of nitrogens with zero attached hydrogens (tertiary/aromatic N) is 1. The number of piperidine rings is 1. The second-order valence-corrected chi connectivity index (χ2v) is 9.96. The van der Waals surface area contributed by atoms with E-state index in [1.54, 1.807) is 26.0 Å². The van der Waals surface area contributed by atoms with Crippen molar-refractivity contribution in [2.45, 2.75) is 52.6 Å². The minimum atomic E-state index is 0. The zero-order valence-corrected chi connectivity index (χ0v) is 22.3. The van der Waals surface area contributed by atoms with Crippen molar-refractivity contribution in [2.75, 3.05) is 34.4 Å². The van der Waals surface area contributed by atoms with E-state index < -0.39 is 0 Å². The molecule has 1 aliphatic heterocycles. The van der Waals surface area contributed by atoms with Crippen LogP contribution in [0.2, 0.25) is 0 Å². The number of carbonyl (C=O) groups is 1. The predicted octanol–water partition coefficient (Wildman–Crippen LogP) is 0.619. The minimum Gasteiger partial charge on any atom is -1.00 e. The summed E-state index contributed by atoms with van der Waals surface area (Å²) in [4.78, 5) is 16.2. The fourth-order valence-electron chi connectivity index (χ4n) is 5.48. The number of rotatable bonds is 9. The summed E-state index contributed by atoms with van der Waals surface area (Å²) in [5.41, 5.74) is 2.63. The van der Waals surface area contributed by atoms with Crippen molar-refractivity contribution in [3.05, 3.63) is 59.7 Å². The number of halogens is 1. The molecule has 2 aromatic rings. The zero-order chi connectivity index (χ0) is 24.0. The SMILES string of the molecule is COc1ccc(CN(CCC2(Cc3ccccc3)CC(C)[NH+](C)CC2C)C(C)=O)cc1OC.[Cl-]. The Morgan fingerprint density at radius 2 is 1.74 bits per heavy atom. The van der Waals surface area contributed by atoms with Gasteiger partial charge in [-0.15, -0.1) is 0 Å². The number of benzene rings is 2. The molecule has 4 unspecified atom stereocenters. The molecule has 0 bridgehead atoms. The van der Waals surface area contributed by atoms with Gasteiger partial charge in [0.2, 0.25) is 5.91 Å². The summed E-state index contributed by atoms with van der Waals surface area (Å²) in [6, 6.07) is 17.4. The highest BCUT2D eigenvalue weighted by atomic mass is 35.5. The lowest BCUT2D eigenvalue weighted by Gasteiger charge is -2.48. The van der Waals surface area contributed by atoms with Crippen LogP contribution in [0.3, 0.4) is 0 Å². The first-order chi connectivity index (χ1) is 15.8. The second-order valence-electron chi connectivity index (χ2n) is 9.96. The van der Waals surface area contributed by atoms with Crippen LogP contribution in [-0.2, 0) is 17.8 Å². The molecule has 1 saturated heterocycles. The quantitative estimate of drug-likeness (QED) is 0.562. The highest BCUT2D eigenvalue weighted by Crippen LogP contribution is 2.41. The number of likely N-dealkylation sites (tertiary alicyclic amines) is 1. The van der Waals surface area contributed by atoms with Gasteiger partial charge in [0.05, 0.1) is 33.9 Å². The molecule has 4 atom stereocenters. The molecule has 0 spiro atoms. The summed E-state index contributed by atoms with van der Waals surface area (Å²) in [5, 5.41) is 0. The Bertz CT molecular complexity index is 923. The fraction of sp³-hybridized carbons (Fsp3) is 0.536. The number of carbonyl (C=O) groups excluding carboxylic acids is 1. The van der Waals surface area contributed by atoms with E-state index in [2.05, 4.69) is 51.2 Å². The Morgan fingerprint density at radius 3 is 2.35 bits per heavy atom. The number of hydrogen-bond donors (Lipinski definition) is 1. The van der Waals surface area contributed by atoms with Gasteiger partial charge in [0.1, 0.15) is 0 Å². The average molecular weight is 489 g/mol. The number of quaternary nitrogens is 1. The van der Waals surface area contributed by atoms with Gasteiger partial charge in [0.15, 0.2) is 11.5 Å². The van der Waals surface area contributed by atoms with E-state index in [9.17, 15) is 4.79 Å². The molecule has 1 aliphatic rings. The number of amides is 1. The van der Waals surface area contributed by atoms with Gasteiger partial charge in [0.25, 0.3) is 0 Å². The third-order valence-corrected chi connectivity index (χ3v) is 7.77. The van der Waals surface area contributed by atoms with Gasteiger partial charge in [-0.1, -0.05) is 43.3 Å². The van der Waals surface area contributed by atoms with Crippen LogP contribution in [-0.4, -0.2) is 51.2 Å². The second kappa shape index (κ2) is 12.5. The van der Waals surface area contributed by atoms with Crippen molar-refractivity contribution in [1.82, 2.24) is 4.90 Å². The van der Waals surface area contributed by atoms with Crippen molar-refractivity contribution in [3.63, 3.8) is 0 Å². The lowest BCUT2D eigenvalue weighted by atomic mass is 9.63. The average Bonchev–Trinajstić information content (AvgIpc) is 2.80. The van der Waals surface area contributed by atoms with E-state index in [1.165, 1.54) is 18.5 Å². The lowest BCUT2D eigenvalue weighted by Crippen LogP contribution is -3.15. The first kappa shape index (κ1) is 28.0. The predicted molar refractivity (Wildman–Crippen MR) is 133 cm³/mol. The normalized spacial score (nSPS) is 24.1.